The number of nitrogens with one attached hydrogen (secondary N) is 1. The molecule has 1 aromatic heterocycles. The quantitative estimate of drug-likeness (QED) is 0.877. The highest BCUT2D eigenvalue weighted by Gasteiger charge is 2.27. The predicted octanol–water partition coefficient (Wildman–Crippen LogP) is 4.40. The Hall–Kier alpha value is -2.30. The third-order valence-corrected chi connectivity index (χ3v) is 4.96. The fraction of sp³-hybridized carbons (Fsp3) is 0.500. The number of anilines is 1. The van der Waals surface area contributed by atoms with Crippen LogP contribution >= 0.6 is 0 Å². The first-order chi connectivity index (χ1) is 12.2. The molecule has 5 heteroatoms. The molecule has 25 heavy (non-hydrogen) atoms. The maximum atomic E-state index is 12.7. The van der Waals surface area contributed by atoms with Crippen molar-refractivity contribution in [3.05, 3.63) is 48.0 Å². The van der Waals surface area contributed by atoms with E-state index in [2.05, 4.69) is 28.0 Å². The molecule has 1 N–H and O–H groups in total. The van der Waals surface area contributed by atoms with E-state index in [-0.39, 0.29) is 6.03 Å². The number of amides is 2. The number of likely N-dealkylation sites (tertiary alicyclic amines) is 1. The molecule has 2 aromatic rings. The Labute approximate surface area is 150 Å². The molecule has 5 nitrogen and oxygen atoms in total. The summed E-state index contributed by atoms with van der Waals surface area (Å²) in [6.45, 7) is 6.77. The summed E-state index contributed by atoms with van der Waals surface area (Å²) in [6, 6.07) is 7.89. The Morgan fingerprint density at radius 1 is 1.36 bits per heavy atom. The molecule has 1 aliphatic rings. The van der Waals surface area contributed by atoms with Gasteiger partial charge in [0.25, 0.3) is 0 Å². The number of hydrogen-bond acceptors (Lipinski definition) is 2. The van der Waals surface area contributed by atoms with Crippen LogP contribution in [0.4, 0.5) is 10.5 Å². The highest BCUT2D eigenvalue weighted by molar-refractivity contribution is 5.90. The van der Waals surface area contributed by atoms with Gasteiger partial charge in [0, 0.05) is 43.6 Å². The summed E-state index contributed by atoms with van der Waals surface area (Å²) in [4.78, 5) is 19.2. The first-order valence-electron chi connectivity index (χ1n) is 9.31. The molecule has 0 unspecified atom stereocenters. The molecule has 134 valence electrons. The molecule has 2 amide bonds. The van der Waals surface area contributed by atoms with Gasteiger partial charge in [0.1, 0.15) is 5.82 Å². The van der Waals surface area contributed by atoms with Crippen molar-refractivity contribution in [1.29, 1.82) is 0 Å². The number of urea groups is 1. The average Bonchev–Trinajstić information content (AvgIpc) is 3.10. The van der Waals surface area contributed by atoms with Crippen molar-refractivity contribution in [3.8, 4) is 0 Å². The number of imidazole rings is 1. The number of benzene rings is 1. The Morgan fingerprint density at radius 3 is 3.00 bits per heavy atom. The molecule has 1 aromatic carbocycles. The van der Waals surface area contributed by atoms with E-state index in [4.69, 9.17) is 0 Å². The van der Waals surface area contributed by atoms with Gasteiger partial charge in [0.05, 0.1) is 0 Å². The summed E-state index contributed by atoms with van der Waals surface area (Å²) in [5.74, 6) is 1.45. The molecule has 1 atom stereocenters. The summed E-state index contributed by atoms with van der Waals surface area (Å²) in [5, 5.41) is 3.05. The van der Waals surface area contributed by atoms with Gasteiger partial charge in [0.15, 0.2) is 0 Å². The van der Waals surface area contributed by atoms with Crippen LogP contribution in [-0.2, 0) is 6.54 Å². The number of rotatable bonds is 5. The molecule has 0 saturated carbocycles. The van der Waals surface area contributed by atoms with Crippen LogP contribution in [0, 0.1) is 6.92 Å². The molecule has 0 spiro atoms. The molecule has 0 radical (unpaired) electrons. The predicted molar refractivity (Wildman–Crippen MR) is 101 cm³/mol. The van der Waals surface area contributed by atoms with Gasteiger partial charge in [-0.3, -0.25) is 0 Å². The zero-order valence-corrected chi connectivity index (χ0v) is 15.2. The number of carbonyl (C=O) groups excluding carboxylic acids is 1. The van der Waals surface area contributed by atoms with Crippen LogP contribution < -0.4 is 5.32 Å². The summed E-state index contributed by atoms with van der Waals surface area (Å²) >= 11 is 0. The van der Waals surface area contributed by atoms with Crippen molar-refractivity contribution in [3.63, 3.8) is 0 Å². The largest absolute Gasteiger partial charge is 0.335 e. The normalized spacial score (nSPS) is 17.5. The molecular weight excluding hydrogens is 312 g/mol. The van der Waals surface area contributed by atoms with Crippen LogP contribution in [-0.4, -0.2) is 33.6 Å². The first kappa shape index (κ1) is 17.5. The summed E-state index contributed by atoms with van der Waals surface area (Å²) in [5.41, 5.74) is 1.97. The maximum absolute atomic E-state index is 12.7. The molecule has 1 fully saturated rings. The molecule has 0 aliphatic carbocycles. The summed E-state index contributed by atoms with van der Waals surface area (Å²) in [7, 11) is 0. The minimum atomic E-state index is -0.00864. The Balaban J connectivity index is 1.66. The fourth-order valence-electron chi connectivity index (χ4n) is 3.48. The van der Waals surface area contributed by atoms with Crippen molar-refractivity contribution in [2.45, 2.75) is 52.0 Å². The van der Waals surface area contributed by atoms with E-state index in [1.165, 1.54) is 6.42 Å². The lowest BCUT2D eigenvalue weighted by molar-refractivity contribution is 0.190. The van der Waals surface area contributed by atoms with E-state index in [9.17, 15) is 4.79 Å². The van der Waals surface area contributed by atoms with Gasteiger partial charge in [-0.1, -0.05) is 31.5 Å². The number of unbranched alkanes of at least 4 members (excludes halogenated alkanes) is 1. The Morgan fingerprint density at radius 2 is 2.20 bits per heavy atom. The second-order valence-corrected chi connectivity index (χ2v) is 6.86. The highest BCUT2D eigenvalue weighted by Crippen LogP contribution is 2.27. The molecule has 0 bridgehead atoms. The van der Waals surface area contributed by atoms with Crippen LogP contribution in [0.25, 0.3) is 0 Å². The smallest absolute Gasteiger partial charge is 0.321 e. The average molecular weight is 340 g/mol. The van der Waals surface area contributed by atoms with Crippen molar-refractivity contribution in [2.75, 3.05) is 18.4 Å². The minimum absolute atomic E-state index is 0.00864. The van der Waals surface area contributed by atoms with Crippen molar-refractivity contribution in [1.82, 2.24) is 14.5 Å². The second-order valence-electron chi connectivity index (χ2n) is 6.86. The van der Waals surface area contributed by atoms with Crippen LogP contribution in [0.15, 0.2) is 36.7 Å². The third-order valence-electron chi connectivity index (χ3n) is 4.96. The molecular formula is C20H28N4O. The van der Waals surface area contributed by atoms with E-state index in [1.807, 2.05) is 42.3 Å². The van der Waals surface area contributed by atoms with Gasteiger partial charge in [-0.05, 0) is 37.8 Å². The van der Waals surface area contributed by atoms with Crippen LogP contribution in [0.3, 0.4) is 0 Å². The molecule has 1 aliphatic heterocycles. The number of para-hydroxylation sites is 1. The van der Waals surface area contributed by atoms with Gasteiger partial charge >= 0.3 is 6.03 Å². The van der Waals surface area contributed by atoms with E-state index in [0.717, 1.165) is 56.0 Å². The number of aryl methyl sites for hydroxylation is 2. The van der Waals surface area contributed by atoms with Gasteiger partial charge in [0.2, 0.25) is 0 Å². The van der Waals surface area contributed by atoms with Crippen molar-refractivity contribution < 1.29 is 4.79 Å². The number of aromatic nitrogens is 2. The lowest BCUT2D eigenvalue weighted by Crippen LogP contribution is -2.42. The van der Waals surface area contributed by atoms with Gasteiger partial charge in [-0.15, -0.1) is 0 Å². The summed E-state index contributed by atoms with van der Waals surface area (Å²) < 4.78 is 2.26. The zero-order chi connectivity index (χ0) is 17.6. The number of nitrogens with zero attached hydrogens (tertiary/aromatic N) is 3. The second kappa shape index (κ2) is 8.19. The van der Waals surface area contributed by atoms with E-state index >= 15 is 0 Å². The third kappa shape index (κ3) is 4.21. The lowest BCUT2D eigenvalue weighted by Gasteiger charge is -2.33. The van der Waals surface area contributed by atoms with Crippen LogP contribution in [0.1, 0.15) is 49.9 Å². The monoisotopic (exact) mass is 340 g/mol. The van der Waals surface area contributed by atoms with E-state index < -0.39 is 0 Å². The maximum Gasteiger partial charge on any atom is 0.321 e. The van der Waals surface area contributed by atoms with Crippen molar-refractivity contribution >= 4 is 11.7 Å². The Bertz CT molecular complexity index is 709. The van der Waals surface area contributed by atoms with E-state index in [0.29, 0.717) is 5.92 Å². The number of piperidine rings is 1. The highest BCUT2D eigenvalue weighted by atomic mass is 16.2. The lowest BCUT2D eigenvalue weighted by atomic mass is 9.97. The SMILES string of the molecule is CCCCn1ccnc1[C@@H]1CCCN(C(=O)Nc2ccccc2C)C1. The van der Waals surface area contributed by atoms with Crippen molar-refractivity contribution in [2.24, 2.45) is 0 Å². The molecule has 2 heterocycles. The zero-order valence-electron chi connectivity index (χ0n) is 15.2. The summed E-state index contributed by atoms with van der Waals surface area (Å²) in [6.07, 6.45) is 8.40. The minimum Gasteiger partial charge on any atom is -0.335 e. The Kier molecular flexibility index (Phi) is 5.74. The standard InChI is InChI=1S/C20H28N4O/c1-3-4-12-23-14-11-21-19(23)17-9-7-13-24(15-17)20(25)22-18-10-6-5-8-16(18)2/h5-6,8,10-11,14,17H,3-4,7,9,12-13,15H2,1-2H3,(H,22,25)/t17-/m1/s1. The van der Waals surface area contributed by atoms with Gasteiger partial charge in [-0.2, -0.15) is 0 Å². The number of hydrogen-bond donors (Lipinski definition) is 1. The van der Waals surface area contributed by atoms with E-state index in [1.54, 1.807) is 0 Å². The molecule has 1 saturated heterocycles. The topological polar surface area (TPSA) is 50.2 Å². The molecule has 3 rings (SSSR count). The first-order valence-corrected chi connectivity index (χ1v) is 9.31. The van der Waals surface area contributed by atoms with Crippen LogP contribution in [0.2, 0.25) is 0 Å². The van der Waals surface area contributed by atoms with Crippen LogP contribution in [0.5, 0.6) is 0 Å². The van der Waals surface area contributed by atoms with Gasteiger partial charge < -0.3 is 14.8 Å². The van der Waals surface area contributed by atoms with Gasteiger partial charge in [-0.25, -0.2) is 9.78 Å². The number of carbonyl (C=O) groups is 1. The fourth-order valence-corrected chi connectivity index (χ4v) is 3.48.